The van der Waals surface area contributed by atoms with Crippen molar-refractivity contribution in [2.75, 3.05) is 0 Å². The number of aromatic nitrogens is 2. The van der Waals surface area contributed by atoms with E-state index in [1.54, 1.807) is 16.9 Å². The molecule has 0 aliphatic heterocycles. The molecule has 0 bridgehead atoms. The molecule has 15 heavy (non-hydrogen) atoms. The topological polar surface area (TPSA) is 17.8 Å². The van der Waals surface area contributed by atoms with Gasteiger partial charge in [0.1, 0.15) is 5.82 Å². The van der Waals surface area contributed by atoms with Gasteiger partial charge in [0, 0.05) is 10.7 Å². The van der Waals surface area contributed by atoms with E-state index in [0.717, 1.165) is 11.4 Å². The van der Waals surface area contributed by atoms with Gasteiger partial charge in [-0.15, -0.1) is 11.6 Å². The second-order valence-corrected chi connectivity index (χ2v) is 4.10. The van der Waals surface area contributed by atoms with E-state index in [-0.39, 0.29) is 5.82 Å². The summed E-state index contributed by atoms with van der Waals surface area (Å²) in [5.41, 5.74) is 1.57. The third-order valence-corrected chi connectivity index (χ3v) is 2.85. The molecule has 2 nitrogen and oxygen atoms in total. The highest BCUT2D eigenvalue weighted by atomic mass is 79.9. The first-order valence-electron chi connectivity index (χ1n) is 4.26. The van der Waals surface area contributed by atoms with Gasteiger partial charge in [0.15, 0.2) is 0 Å². The highest BCUT2D eigenvalue weighted by molar-refractivity contribution is 9.10. The zero-order chi connectivity index (χ0) is 10.8. The van der Waals surface area contributed by atoms with Gasteiger partial charge in [-0.3, -0.25) is 0 Å². The lowest BCUT2D eigenvalue weighted by Gasteiger charge is -2.03. The molecule has 0 aliphatic carbocycles. The maximum Gasteiger partial charge on any atom is 0.124 e. The number of hydrogen-bond acceptors (Lipinski definition) is 1. The Kier molecular flexibility index (Phi) is 3.07. The zero-order valence-electron chi connectivity index (χ0n) is 7.62. The predicted molar refractivity (Wildman–Crippen MR) is 60.8 cm³/mol. The molecule has 5 heteroatoms. The normalized spacial score (nSPS) is 10.6. The Labute approximate surface area is 99.8 Å². The summed E-state index contributed by atoms with van der Waals surface area (Å²) in [5, 5.41) is 4.22. The lowest BCUT2D eigenvalue weighted by molar-refractivity contribution is 0.626. The van der Waals surface area contributed by atoms with Gasteiger partial charge in [0.25, 0.3) is 0 Å². The number of benzene rings is 1. The average molecular weight is 290 g/mol. The molecule has 1 heterocycles. The third-order valence-electron chi connectivity index (χ3n) is 1.94. The average Bonchev–Trinajstić information content (AvgIpc) is 2.66. The standard InChI is InChI=1S/C10H7BrClFN2/c11-9-5-7(13)1-2-10(9)15-4-3-8(6-12)14-15/h1-5H,6H2. The van der Waals surface area contributed by atoms with E-state index in [1.165, 1.54) is 12.1 Å². The van der Waals surface area contributed by atoms with Crippen LogP contribution in [0.5, 0.6) is 0 Å². The van der Waals surface area contributed by atoms with Crippen LogP contribution < -0.4 is 0 Å². The molecular weight excluding hydrogens is 282 g/mol. The first kappa shape index (κ1) is 10.6. The summed E-state index contributed by atoms with van der Waals surface area (Å²) >= 11 is 8.93. The Morgan fingerprint density at radius 1 is 1.40 bits per heavy atom. The lowest BCUT2D eigenvalue weighted by Crippen LogP contribution is -1.97. The van der Waals surface area contributed by atoms with Gasteiger partial charge in [-0.2, -0.15) is 5.10 Å². The van der Waals surface area contributed by atoms with Crippen LogP contribution in [0.4, 0.5) is 4.39 Å². The third kappa shape index (κ3) is 2.21. The van der Waals surface area contributed by atoms with Crippen LogP contribution in [0.1, 0.15) is 5.69 Å². The molecule has 2 aromatic rings. The van der Waals surface area contributed by atoms with E-state index >= 15 is 0 Å². The quantitative estimate of drug-likeness (QED) is 0.774. The van der Waals surface area contributed by atoms with Crippen LogP contribution in [0.15, 0.2) is 34.9 Å². The van der Waals surface area contributed by atoms with Gasteiger partial charge >= 0.3 is 0 Å². The second kappa shape index (κ2) is 4.33. The van der Waals surface area contributed by atoms with Crippen LogP contribution in [0, 0.1) is 5.82 Å². The van der Waals surface area contributed by atoms with Crippen LogP contribution in [0.3, 0.4) is 0 Å². The summed E-state index contributed by atoms with van der Waals surface area (Å²) in [7, 11) is 0. The molecule has 0 atom stereocenters. The number of hydrogen-bond donors (Lipinski definition) is 0. The SMILES string of the molecule is Fc1ccc(-n2ccc(CCl)n2)c(Br)c1. The number of alkyl halides is 1. The second-order valence-electron chi connectivity index (χ2n) is 2.98. The molecule has 0 saturated heterocycles. The van der Waals surface area contributed by atoms with E-state index in [0.29, 0.717) is 10.4 Å². The molecule has 1 aromatic heterocycles. The molecule has 1 aromatic carbocycles. The van der Waals surface area contributed by atoms with Crippen molar-refractivity contribution in [3.8, 4) is 5.69 Å². The highest BCUT2D eigenvalue weighted by Crippen LogP contribution is 2.21. The van der Waals surface area contributed by atoms with E-state index in [9.17, 15) is 4.39 Å². The van der Waals surface area contributed by atoms with Crippen LogP contribution in [-0.4, -0.2) is 9.78 Å². The molecule has 0 aliphatic rings. The summed E-state index contributed by atoms with van der Waals surface area (Å²) < 4.78 is 15.2. The maximum atomic E-state index is 12.9. The fraction of sp³-hybridized carbons (Fsp3) is 0.100. The van der Waals surface area contributed by atoms with Crippen molar-refractivity contribution in [2.24, 2.45) is 0 Å². The molecule has 0 unspecified atom stereocenters. The number of nitrogens with zero attached hydrogens (tertiary/aromatic N) is 2. The van der Waals surface area contributed by atoms with Crippen molar-refractivity contribution >= 4 is 27.5 Å². The van der Waals surface area contributed by atoms with Gasteiger partial charge in [-0.05, 0) is 40.2 Å². The van der Waals surface area contributed by atoms with Gasteiger partial charge in [0.05, 0.1) is 17.3 Å². The van der Waals surface area contributed by atoms with Crippen molar-refractivity contribution < 1.29 is 4.39 Å². The molecule has 2 rings (SSSR count). The minimum atomic E-state index is -0.282. The van der Waals surface area contributed by atoms with Gasteiger partial charge in [-0.1, -0.05) is 0 Å². The Morgan fingerprint density at radius 3 is 2.80 bits per heavy atom. The molecule has 0 fully saturated rings. The first-order chi connectivity index (χ1) is 7.20. The Morgan fingerprint density at radius 2 is 2.20 bits per heavy atom. The summed E-state index contributed by atoms with van der Waals surface area (Å²) in [4.78, 5) is 0. The predicted octanol–water partition coefficient (Wildman–Crippen LogP) is 3.51. The molecule has 0 radical (unpaired) electrons. The highest BCUT2D eigenvalue weighted by Gasteiger charge is 2.05. The maximum absolute atomic E-state index is 12.9. The molecule has 0 saturated carbocycles. The smallest absolute Gasteiger partial charge is 0.124 e. The molecule has 0 spiro atoms. The summed E-state index contributed by atoms with van der Waals surface area (Å²) in [5.74, 6) is 0.0848. The monoisotopic (exact) mass is 288 g/mol. The van der Waals surface area contributed by atoms with E-state index in [1.807, 2.05) is 6.07 Å². The fourth-order valence-corrected chi connectivity index (χ4v) is 1.91. The lowest BCUT2D eigenvalue weighted by atomic mass is 10.3. The van der Waals surface area contributed by atoms with Gasteiger partial charge in [0.2, 0.25) is 0 Å². The van der Waals surface area contributed by atoms with Crippen molar-refractivity contribution in [3.05, 3.63) is 46.4 Å². The van der Waals surface area contributed by atoms with Gasteiger partial charge < -0.3 is 0 Å². The van der Waals surface area contributed by atoms with Gasteiger partial charge in [-0.25, -0.2) is 9.07 Å². The fourth-order valence-electron chi connectivity index (χ4n) is 1.23. The zero-order valence-corrected chi connectivity index (χ0v) is 9.96. The van der Waals surface area contributed by atoms with Crippen molar-refractivity contribution in [1.29, 1.82) is 0 Å². The Bertz CT molecular complexity index is 484. The van der Waals surface area contributed by atoms with Crippen molar-refractivity contribution in [1.82, 2.24) is 9.78 Å². The Hall–Kier alpha value is -0.870. The molecular formula is C10H7BrClFN2. The summed E-state index contributed by atoms with van der Waals surface area (Å²) in [6.07, 6.45) is 1.79. The van der Waals surface area contributed by atoms with Crippen LogP contribution in [0.25, 0.3) is 5.69 Å². The number of rotatable bonds is 2. The van der Waals surface area contributed by atoms with Crippen LogP contribution in [-0.2, 0) is 5.88 Å². The largest absolute Gasteiger partial charge is 0.240 e. The van der Waals surface area contributed by atoms with E-state index < -0.39 is 0 Å². The minimum absolute atomic E-state index is 0.282. The number of halogens is 3. The van der Waals surface area contributed by atoms with Crippen LogP contribution in [0.2, 0.25) is 0 Å². The molecule has 0 N–H and O–H groups in total. The first-order valence-corrected chi connectivity index (χ1v) is 5.59. The van der Waals surface area contributed by atoms with E-state index in [4.69, 9.17) is 11.6 Å². The summed E-state index contributed by atoms with van der Waals surface area (Å²) in [6, 6.07) is 6.27. The van der Waals surface area contributed by atoms with Crippen LogP contribution >= 0.6 is 27.5 Å². The van der Waals surface area contributed by atoms with Crippen molar-refractivity contribution in [3.63, 3.8) is 0 Å². The molecule has 78 valence electrons. The van der Waals surface area contributed by atoms with Crippen molar-refractivity contribution in [2.45, 2.75) is 5.88 Å². The Balaban J connectivity index is 2.44. The minimum Gasteiger partial charge on any atom is -0.240 e. The summed E-state index contributed by atoms with van der Waals surface area (Å²) in [6.45, 7) is 0. The van der Waals surface area contributed by atoms with E-state index in [2.05, 4.69) is 21.0 Å². The molecule has 0 amide bonds.